The molecule has 9 heteroatoms. The Balaban J connectivity index is 1.63. The van der Waals surface area contributed by atoms with E-state index in [0.717, 1.165) is 18.4 Å². The molecule has 31 heavy (non-hydrogen) atoms. The van der Waals surface area contributed by atoms with E-state index in [1.807, 2.05) is 20.8 Å². The van der Waals surface area contributed by atoms with Crippen molar-refractivity contribution in [1.29, 1.82) is 0 Å². The zero-order valence-corrected chi connectivity index (χ0v) is 19.6. The second-order valence-electron chi connectivity index (χ2n) is 9.54. The van der Waals surface area contributed by atoms with E-state index in [2.05, 4.69) is 0 Å². The summed E-state index contributed by atoms with van der Waals surface area (Å²) in [6.45, 7) is 9.47. The number of phenols is 1. The molecule has 0 aliphatic carbocycles. The van der Waals surface area contributed by atoms with Gasteiger partial charge in [0, 0.05) is 44.7 Å². The molecular formula is C22H33N3O5S. The van der Waals surface area contributed by atoms with Gasteiger partial charge >= 0.3 is 0 Å². The van der Waals surface area contributed by atoms with Crippen molar-refractivity contribution >= 4 is 21.8 Å². The van der Waals surface area contributed by atoms with Gasteiger partial charge in [-0.25, -0.2) is 8.42 Å². The van der Waals surface area contributed by atoms with Crippen LogP contribution in [-0.4, -0.2) is 78.7 Å². The molecule has 1 unspecified atom stereocenters. The van der Waals surface area contributed by atoms with Crippen molar-refractivity contribution < 1.29 is 23.1 Å². The molecule has 172 valence electrons. The Bertz CT molecular complexity index is 946. The Morgan fingerprint density at radius 3 is 2.29 bits per heavy atom. The van der Waals surface area contributed by atoms with Gasteiger partial charge < -0.3 is 14.9 Å². The molecule has 0 radical (unpaired) electrons. The summed E-state index contributed by atoms with van der Waals surface area (Å²) >= 11 is 0. The number of amides is 2. The third-order valence-corrected chi connectivity index (χ3v) is 7.91. The minimum Gasteiger partial charge on any atom is -0.507 e. The Morgan fingerprint density at radius 2 is 1.68 bits per heavy atom. The van der Waals surface area contributed by atoms with E-state index in [0.29, 0.717) is 26.2 Å². The van der Waals surface area contributed by atoms with Crippen LogP contribution in [0.5, 0.6) is 5.75 Å². The fraction of sp³-hybridized carbons (Fsp3) is 0.636. The Labute approximate surface area is 184 Å². The molecule has 8 nitrogen and oxygen atoms in total. The van der Waals surface area contributed by atoms with Crippen molar-refractivity contribution in [3.05, 3.63) is 23.8 Å². The number of rotatable bonds is 3. The number of likely N-dealkylation sites (tertiary alicyclic amines) is 1. The van der Waals surface area contributed by atoms with E-state index in [1.54, 1.807) is 22.8 Å². The van der Waals surface area contributed by atoms with Gasteiger partial charge in [-0.15, -0.1) is 0 Å². The van der Waals surface area contributed by atoms with Crippen LogP contribution in [0.4, 0.5) is 0 Å². The summed E-state index contributed by atoms with van der Waals surface area (Å²) in [6, 6.07) is 4.50. The average molecular weight is 452 g/mol. The summed E-state index contributed by atoms with van der Waals surface area (Å²) in [6.07, 6.45) is 1.53. The van der Waals surface area contributed by atoms with Crippen LogP contribution in [0.3, 0.4) is 0 Å². The number of hydrogen-bond donors (Lipinski definition) is 1. The monoisotopic (exact) mass is 451 g/mol. The lowest BCUT2D eigenvalue weighted by atomic mass is 9.90. The van der Waals surface area contributed by atoms with Gasteiger partial charge in [0.25, 0.3) is 0 Å². The maximum absolute atomic E-state index is 13.1. The maximum Gasteiger partial charge on any atom is 0.246 e. The molecule has 2 amide bonds. The maximum atomic E-state index is 13.1. The van der Waals surface area contributed by atoms with Crippen LogP contribution < -0.4 is 0 Å². The predicted octanol–water partition coefficient (Wildman–Crippen LogP) is 1.82. The lowest BCUT2D eigenvalue weighted by molar-refractivity contribution is -0.145. The molecule has 1 atom stereocenters. The Hall–Kier alpha value is -2.13. The third kappa shape index (κ3) is 5.03. The summed E-state index contributed by atoms with van der Waals surface area (Å²) < 4.78 is 27.3. The molecule has 1 aromatic carbocycles. The molecule has 2 aliphatic heterocycles. The zero-order valence-electron chi connectivity index (χ0n) is 18.8. The van der Waals surface area contributed by atoms with Crippen molar-refractivity contribution in [2.24, 2.45) is 11.3 Å². The van der Waals surface area contributed by atoms with E-state index in [4.69, 9.17) is 0 Å². The number of piperazine rings is 1. The van der Waals surface area contributed by atoms with Gasteiger partial charge in [-0.3, -0.25) is 9.59 Å². The van der Waals surface area contributed by atoms with Crippen molar-refractivity contribution in [2.75, 3.05) is 39.3 Å². The van der Waals surface area contributed by atoms with Gasteiger partial charge in [-0.1, -0.05) is 26.8 Å². The smallest absolute Gasteiger partial charge is 0.246 e. The number of nitrogens with zero attached hydrogens (tertiary/aromatic N) is 3. The SMILES string of the molecule is Cc1ccc(O)c(S(=O)(=O)N2CCN(C(=O)C3CCCN(C(=O)C(C)(C)C)C3)CC2)c1. The predicted molar refractivity (Wildman–Crippen MR) is 117 cm³/mol. The van der Waals surface area contributed by atoms with Gasteiger partial charge in [0.05, 0.1) is 5.92 Å². The number of aryl methyl sites for hydroxylation is 1. The molecular weight excluding hydrogens is 418 g/mol. The molecule has 2 saturated heterocycles. The highest BCUT2D eigenvalue weighted by molar-refractivity contribution is 7.89. The number of carbonyl (C=O) groups is 2. The second kappa shape index (κ2) is 8.78. The summed E-state index contributed by atoms with van der Waals surface area (Å²) in [5, 5.41) is 10.0. The Kier molecular flexibility index (Phi) is 6.67. The van der Waals surface area contributed by atoms with Crippen LogP contribution >= 0.6 is 0 Å². The van der Waals surface area contributed by atoms with E-state index in [9.17, 15) is 23.1 Å². The van der Waals surface area contributed by atoms with E-state index >= 15 is 0 Å². The van der Waals surface area contributed by atoms with Crippen molar-refractivity contribution in [2.45, 2.75) is 45.4 Å². The first-order chi connectivity index (χ1) is 14.4. The molecule has 2 fully saturated rings. The van der Waals surface area contributed by atoms with Crippen LogP contribution in [0.2, 0.25) is 0 Å². The first kappa shape index (κ1) is 23.5. The summed E-state index contributed by atoms with van der Waals surface area (Å²) in [4.78, 5) is 29.1. The number of carbonyl (C=O) groups excluding carboxylic acids is 2. The summed E-state index contributed by atoms with van der Waals surface area (Å²) in [7, 11) is -3.83. The molecule has 3 rings (SSSR count). The average Bonchev–Trinajstić information content (AvgIpc) is 2.73. The first-order valence-corrected chi connectivity index (χ1v) is 12.2. The largest absolute Gasteiger partial charge is 0.507 e. The van der Waals surface area contributed by atoms with Gasteiger partial charge in [-0.2, -0.15) is 4.31 Å². The molecule has 2 heterocycles. The molecule has 1 N–H and O–H groups in total. The van der Waals surface area contributed by atoms with Crippen LogP contribution in [0, 0.1) is 18.3 Å². The minimum atomic E-state index is -3.83. The minimum absolute atomic E-state index is 0.0122. The number of piperidine rings is 1. The lowest BCUT2D eigenvalue weighted by Crippen LogP contribution is -2.54. The van der Waals surface area contributed by atoms with Crippen LogP contribution in [0.15, 0.2) is 23.1 Å². The van der Waals surface area contributed by atoms with Gasteiger partial charge in [0.1, 0.15) is 10.6 Å². The lowest BCUT2D eigenvalue weighted by Gasteiger charge is -2.40. The van der Waals surface area contributed by atoms with Crippen molar-refractivity contribution in [1.82, 2.24) is 14.1 Å². The van der Waals surface area contributed by atoms with Gasteiger partial charge in [-0.05, 0) is 37.5 Å². The summed E-state index contributed by atoms with van der Waals surface area (Å²) in [5.41, 5.74) is 0.267. The highest BCUT2D eigenvalue weighted by atomic mass is 32.2. The molecule has 0 spiro atoms. The van der Waals surface area contributed by atoms with Crippen LogP contribution in [0.25, 0.3) is 0 Å². The van der Waals surface area contributed by atoms with Crippen molar-refractivity contribution in [3.8, 4) is 5.75 Å². The van der Waals surface area contributed by atoms with Crippen LogP contribution in [0.1, 0.15) is 39.2 Å². The number of benzene rings is 1. The fourth-order valence-electron chi connectivity index (χ4n) is 4.21. The van der Waals surface area contributed by atoms with E-state index in [1.165, 1.54) is 16.4 Å². The highest BCUT2D eigenvalue weighted by Gasteiger charge is 2.37. The summed E-state index contributed by atoms with van der Waals surface area (Å²) in [5.74, 6) is -0.473. The standard InChI is InChI=1S/C22H33N3O5S/c1-16-7-8-18(26)19(14-16)31(29,30)25-12-10-23(11-13-25)20(27)17-6-5-9-24(15-17)21(28)22(2,3)4/h7-8,14,17,26H,5-6,9-13,15H2,1-4H3. The van der Waals surface area contributed by atoms with Gasteiger partial charge in [0.2, 0.25) is 21.8 Å². The topological polar surface area (TPSA) is 98.2 Å². The van der Waals surface area contributed by atoms with E-state index in [-0.39, 0.29) is 41.5 Å². The number of hydrogen-bond acceptors (Lipinski definition) is 5. The highest BCUT2D eigenvalue weighted by Crippen LogP contribution is 2.28. The molecule has 2 aliphatic rings. The van der Waals surface area contributed by atoms with E-state index < -0.39 is 15.4 Å². The Morgan fingerprint density at radius 1 is 1.03 bits per heavy atom. The molecule has 0 aromatic heterocycles. The van der Waals surface area contributed by atoms with Crippen molar-refractivity contribution in [3.63, 3.8) is 0 Å². The first-order valence-electron chi connectivity index (χ1n) is 10.8. The number of aromatic hydroxyl groups is 1. The molecule has 0 saturated carbocycles. The van der Waals surface area contributed by atoms with Gasteiger partial charge in [0.15, 0.2) is 0 Å². The fourth-order valence-corrected chi connectivity index (χ4v) is 5.80. The second-order valence-corrected chi connectivity index (χ2v) is 11.4. The third-order valence-electron chi connectivity index (χ3n) is 5.98. The molecule has 1 aromatic rings. The molecule has 0 bridgehead atoms. The van der Waals surface area contributed by atoms with Crippen LogP contribution in [-0.2, 0) is 19.6 Å². The normalized spacial score (nSPS) is 21.2. The number of phenolic OH excluding ortho intramolecular Hbond substituents is 1. The number of sulfonamides is 1. The zero-order chi connectivity index (χ0) is 23.0. The quantitative estimate of drug-likeness (QED) is 0.756.